The zero-order valence-corrected chi connectivity index (χ0v) is 22.6. The van der Waals surface area contributed by atoms with Crippen molar-refractivity contribution in [1.82, 2.24) is 10.6 Å². The van der Waals surface area contributed by atoms with Crippen LogP contribution in [0, 0.1) is 11.2 Å². The summed E-state index contributed by atoms with van der Waals surface area (Å²) in [4.78, 5) is 27.9. The molecule has 0 aromatic heterocycles. The number of hydrogen-bond donors (Lipinski definition) is 4. The molecule has 2 fully saturated rings. The first-order valence-corrected chi connectivity index (χ1v) is 13.5. The van der Waals surface area contributed by atoms with E-state index in [9.17, 15) is 19.1 Å². The minimum Gasteiger partial charge on any atom is -0.393 e. The van der Waals surface area contributed by atoms with Crippen LogP contribution >= 0.6 is 23.2 Å². The van der Waals surface area contributed by atoms with Gasteiger partial charge in [0.1, 0.15) is 11.2 Å². The highest BCUT2D eigenvalue weighted by molar-refractivity contribution is 6.31. The van der Waals surface area contributed by atoms with E-state index >= 15 is 0 Å². The molecule has 6 nitrogen and oxygen atoms in total. The van der Waals surface area contributed by atoms with Crippen molar-refractivity contribution in [2.75, 3.05) is 5.32 Å². The van der Waals surface area contributed by atoms with Gasteiger partial charge >= 0.3 is 0 Å². The molecule has 0 bridgehead atoms. The number of aliphatic hydroxyl groups excluding tert-OH is 1. The van der Waals surface area contributed by atoms with Gasteiger partial charge in [-0.1, -0.05) is 56.1 Å². The Bertz CT molecular complexity index is 1250. The number of halogens is 3. The number of fused-ring (bicyclic) bond motifs is 2. The summed E-state index contributed by atoms with van der Waals surface area (Å²) in [6.07, 6.45) is 1.92. The molecule has 0 unspecified atom stereocenters. The van der Waals surface area contributed by atoms with Crippen molar-refractivity contribution in [3.8, 4) is 0 Å². The first-order valence-electron chi connectivity index (χ1n) is 12.7. The number of rotatable bonds is 4. The molecule has 1 aliphatic carbocycles. The van der Waals surface area contributed by atoms with Gasteiger partial charge in [-0.25, -0.2) is 4.39 Å². The van der Waals surface area contributed by atoms with Gasteiger partial charge in [0.05, 0.1) is 17.2 Å². The van der Waals surface area contributed by atoms with E-state index in [2.05, 4.69) is 36.7 Å². The Morgan fingerprint density at radius 2 is 1.97 bits per heavy atom. The average molecular weight is 548 g/mol. The summed E-state index contributed by atoms with van der Waals surface area (Å²) in [5.74, 6) is -1.85. The smallest absolute Gasteiger partial charge is 0.238 e. The molecule has 1 saturated heterocycles. The Balaban J connectivity index is 1.69. The van der Waals surface area contributed by atoms with Crippen molar-refractivity contribution in [3.63, 3.8) is 0 Å². The van der Waals surface area contributed by atoms with Gasteiger partial charge in [-0.05, 0) is 66.5 Å². The van der Waals surface area contributed by atoms with E-state index in [1.165, 1.54) is 12.1 Å². The first-order chi connectivity index (χ1) is 17.4. The number of hydrogen-bond acceptors (Lipinski definition) is 4. The lowest BCUT2D eigenvalue weighted by atomic mass is 9.62. The van der Waals surface area contributed by atoms with E-state index < -0.39 is 35.3 Å². The summed E-state index contributed by atoms with van der Waals surface area (Å²) in [5, 5.41) is 19.9. The third kappa shape index (κ3) is 4.65. The summed E-state index contributed by atoms with van der Waals surface area (Å²) < 4.78 is 14.9. The Labute approximate surface area is 226 Å². The fourth-order valence-corrected chi connectivity index (χ4v) is 6.88. The zero-order chi connectivity index (χ0) is 26.7. The van der Waals surface area contributed by atoms with Gasteiger partial charge in [0, 0.05) is 28.7 Å². The van der Waals surface area contributed by atoms with Crippen molar-refractivity contribution in [3.05, 3.63) is 63.4 Å². The summed E-state index contributed by atoms with van der Waals surface area (Å²) in [5.41, 5.74) is 0.150. The zero-order valence-electron chi connectivity index (χ0n) is 21.1. The molecule has 2 heterocycles. The SMILES string of the molecule is CC(C)(C)C[C@H]1N[C@@H](C(=O)N[C@H]2CC[C@@H](O)C2)[C@H](c2cccc(Cl)c2)[C@@]12C(=O)Nc1cc(Cl)c(F)cc12. The van der Waals surface area contributed by atoms with Gasteiger partial charge in [-0.3, -0.25) is 9.59 Å². The predicted octanol–water partition coefficient (Wildman–Crippen LogP) is 4.91. The van der Waals surface area contributed by atoms with Crippen molar-refractivity contribution in [2.24, 2.45) is 5.41 Å². The van der Waals surface area contributed by atoms with E-state index in [-0.39, 0.29) is 28.3 Å². The van der Waals surface area contributed by atoms with Crippen molar-refractivity contribution >= 4 is 40.7 Å². The number of aliphatic hydroxyl groups is 1. The lowest BCUT2D eigenvalue weighted by molar-refractivity contribution is -0.124. The van der Waals surface area contributed by atoms with Crippen molar-refractivity contribution in [1.29, 1.82) is 0 Å². The summed E-state index contributed by atoms with van der Waals surface area (Å²) in [6, 6.07) is 8.51. The number of anilines is 1. The van der Waals surface area contributed by atoms with Crippen LogP contribution in [0.3, 0.4) is 0 Å². The maximum absolute atomic E-state index is 14.9. The van der Waals surface area contributed by atoms with Crippen LogP contribution in [0.2, 0.25) is 10.0 Å². The molecule has 2 aliphatic heterocycles. The monoisotopic (exact) mass is 547 g/mol. The molecule has 2 aromatic rings. The van der Waals surface area contributed by atoms with Crippen LogP contribution in [0.5, 0.6) is 0 Å². The summed E-state index contributed by atoms with van der Waals surface area (Å²) in [6.45, 7) is 6.21. The molecule has 3 aliphatic rings. The third-order valence-electron chi connectivity index (χ3n) is 7.94. The average Bonchev–Trinajstić information content (AvgIpc) is 3.43. The predicted molar refractivity (Wildman–Crippen MR) is 142 cm³/mol. The third-order valence-corrected chi connectivity index (χ3v) is 8.47. The largest absolute Gasteiger partial charge is 0.393 e. The quantitative estimate of drug-likeness (QED) is 0.437. The molecular weight excluding hydrogens is 516 g/mol. The van der Waals surface area contributed by atoms with E-state index in [1.54, 1.807) is 18.2 Å². The molecule has 4 N–H and O–H groups in total. The van der Waals surface area contributed by atoms with Gasteiger partial charge in [0.15, 0.2) is 0 Å². The normalized spacial score (nSPS) is 31.0. The van der Waals surface area contributed by atoms with E-state index in [4.69, 9.17) is 23.2 Å². The Hall–Kier alpha value is -2.19. The second-order valence-corrected chi connectivity index (χ2v) is 12.6. The molecule has 2 aromatic carbocycles. The van der Waals surface area contributed by atoms with Crippen LogP contribution in [0.4, 0.5) is 10.1 Å². The lowest BCUT2D eigenvalue weighted by Crippen LogP contribution is -2.49. The highest BCUT2D eigenvalue weighted by atomic mass is 35.5. The van der Waals surface area contributed by atoms with Crippen LogP contribution in [-0.2, 0) is 15.0 Å². The number of nitrogens with one attached hydrogen (secondary N) is 3. The summed E-state index contributed by atoms with van der Waals surface area (Å²) in [7, 11) is 0. The van der Waals surface area contributed by atoms with Gasteiger partial charge in [-0.15, -0.1) is 0 Å². The van der Waals surface area contributed by atoms with Crippen LogP contribution in [0.15, 0.2) is 36.4 Å². The number of carbonyl (C=O) groups excluding carboxylic acids is 2. The van der Waals surface area contributed by atoms with Gasteiger partial charge < -0.3 is 21.1 Å². The molecule has 0 radical (unpaired) electrons. The second-order valence-electron chi connectivity index (χ2n) is 11.8. The van der Waals surface area contributed by atoms with Crippen molar-refractivity contribution < 1.29 is 19.1 Å². The summed E-state index contributed by atoms with van der Waals surface area (Å²) >= 11 is 12.5. The number of carbonyl (C=O) groups is 2. The van der Waals surface area contributed by atoms with Crippen molar-refractivity contribution in [2.45, 2.75) is 82.0 Å². The molecule has 2 amide bonds. The Morgan fingerprint density at radius 1 is 1.22 bits per heavy atom. The number of benzene rings is 2. The molecule has 1 saturated carbocycles. The van der Waals surface area contributed by atoms with E-state index in [0.29, 0.717) is 47.5 Å². The minimum absolute atomic E-state index is 0.0807. The van der Waals surface area contributed by atoms with E-state index in [1.807, 2.05) is 6.07 Å². The molecular formula is C28H32Cl2FN3O3. The van der Waals surface area contributed by atoms with Crippen LogP contribution in [0.25, 0.3) is 0 Å². The molecule has 9 heteroatoms. The molecule has 6 atom stereocenters. The highest BCUT2D eigenvalue weighted by Crippen LogP contribution is 2.57. The van der Waals surface area contributed by atoms with Crippen LogP contribution in [0.1, 0.15) is 63.5 Å². The van der Waals surface area contributed by atoms with Gasteiger partial charge in [0.2, 0.25) is 11.8 Å². The van der Waals surface area contributed by atoms with Gasteiger partial charge in [-0.2, -0.15) is 0 Å². The minimum atomic E-state index is -1.28. The molecule has 5 rings (SSSR count). The lowest BCUT2D eigenvalue weighted by Gasteiger charge is -2.37. The van der Waals surface area contributed by atoms with E-state index in [0.717, 1.165) is 0 Å². The first kappa shape index (κ1) is 26.4. The Morgan fingerprint density at radius 3 is 2.62 bits per heavy atom. The Kier molecular flexibility index (Phi) is 6.80. The van der Waals surface area contributed by atoms with Gasteiger partial charge in [0.25, 0.3) is 0 Å². The fraction of sp³-hybridized carbons (Fsp3) is 0.500. The molecule has 37 heavy (non-hydrogen) atoms. The topological polar surface area (TPSA) is 90.5 Å². The maximum Gasteiger partial charge on any atom is 0.238 e. The fourth-order valence-electron chi connectivity index (χ4n) is 6.51. The standard InChI is InChI=1S/C28H32Cl2FN3O3/c1-27(2,3)13-22-28(18-11-20(31)19(30)12-21(18)33-26(28)37)23(14-5-4-6-15(29)9-14)24(34-22)25(36)32-16-7-8-17(35)10-16/h4-6,9,11-12,16-17,22-24,34-35H,7-8,10,13H2,1-3H3,(H,32,36)(H,33,37)/t16-,17+,22+,23-,24+,28-/m0/s1. The molecule has 1 spiro atoms. The highest BCUT2D eigenvalue weighted by Gasteiger charge is 2.66. The second kappa shape index (κ2) is 9.53. The van der Waals surface area contributed by atoms with Crippen LogP contribution < -0.4 is 16.0 Å². The number of amides is 2. The molecule has 198 valence electrons. The van der Waals surface area contributed by atoms with Crippen LogP contribution in [-0.4, -0.2) is 41.2 Å². The maximum atomic E-state index is 14.9.